The molecular formula is C41H71N4O10P. The summed E-state index contributed by atoms with van der Waals surface area (Å²) in [4.78, 5) is 69.2. The summed E-state index contributed by atoms with van der Waals surface area (Å²) in [5.41, 5.74) is 0.0272. The number of hydrogen-bond donors (Lipinski definition) is 3. The van der Waals surface area contributed by atoms with Gasteiger partial charge < -0.3 is 44.1 Å². The predicted molar refractivity (Wildman–Crippen MR) is 217 cm³/mol. The van der Waals surface area contributed by atoms with Crippen LogP contribution in [0.1, 0.15) is 106 Å². The molecule has 0 spiro atoms. The summed E-state index contributed by atoms with van der Waals surface area (Å²) in [5, 5.41) is 5.54. The molecule has 1 aromatic rings. The Bertz CT molecular complexity index is 1440. The normalized spacial score (nSPS) is 19.5. The van der Waals surface area contributed by atoms with Crippen molar-refractivity contribution in [2.75, 3.05) is 34.4 Å². The minimum absolute atomic E-state index is 0.0373. The van der Waals surface area contributed by atoms with Crippen LogP contribution in [0.5, 0.6) is 0 Å². The summed E-state index contributed by atoms with van der Waals surface area (Å²) in [6.45, 7) is 17.1. The maximum absolute atomic E-state index is 14.2. The fraction of sp³-hybridized carbons (Fsp3) is 0.756. The van der Waals surface area contributed by atoms with E-state index in [9.17, 15) is 28.6 Å². The molecule has 1 heterocycles. The molecule has 0 radical (unpaired) electrons. The van der Waals surface area contributed by atoms with Gasteiger partial charge in [-0.3, -0.25) is 18.9 Å². The van der Waals surface area contributed by atoms with Crippen LogP contribution in [-0.2, 0) is 44.1 Å². The van der Waals surface area contributed by atoms with E-state index in [1.807, 2.05) is 65.0 Å². The Hall–Kier alpha value is -3.03. The molecule has 0 aromatic heterocycles. The molecule has 0 bridgehead atoms. The Morgan fingerprint density at radius 3 is 2.20 bits per heavy atom. The number of nitrogens with zero attached hydrogens (tertiary/aromatic N) is 2. The largest absolute Gasteiger partial charge is 0.444 e. The van der Waals surface area contributed by atoms with E-state index in [1.54, 1.807) is 44.5 Å². The zero-order chi connectivity index (χ0) is 42.4. The lowest BCUT2D eigenvalue weighted by Crippen LogP contribution is -2.58. The first-order valence-electron chi connectivity index (χ1n) is 20.1. The molecule has 56 heavy (non-hydrogen) atoms. The van der Waals surface area contributed by atoms with E-state index in [0.717, 1.165) is 12.0 Å². The number of benzene rings is 1. The average Bonchev–Trinajstić information content (AvgIpc) is 3.62. The van der Waals surface area contributed by atoms with Crippen molar-refractivity contribution in [3.8, 4) is 0 Å². The summed E-state index contributed by atoms with van der Waals surface area (Å²) in [6, 6.07) is 7.31. The lowest BCUT2D eigenvalue weighted by Gasteiger charge is -2.40. The number of unbranched alkanes of at least 4 members (excludes halogenated alkanes) is 1. The van der Waals surface area contributed by atoms with Crippen LogP contribution in [0.25, 0.3) is 0 Å². The summed E-state index contributed by atoms with van der Waals surface area (Å²) in [6.07, 6.45) is 1.31. The molecular weight excluding hydrogens is 739 g/mol. The van der Waals surface area contributed by atoms with Crippen molar-refractivity contribution in [1.82, 2.24) is 20.4 Å². The highest BCUT2D eigenvalue weighted by atomic mass is 31.2. The Morgan fingerprint density at radius 2 is 1.66 bits per heavy atom. The van der Waals surface area contributed by atoms with Gasteiger partial charge in [0.05, 0.1) is 43.2 Å². The Kier molecular flexibility index (Phi) is 20.0. The highest BCUT2D eigenvalue weighted by Gasteiger charge is 2.44. The highest BCUT2D eigenvalue weighted by Crippen LogP contribution is 2.48. The second-order valence-corrected chi connectivity index (χ2v) is 18.4. The molecule has 3 N–H and O–H groups in total. The smallest absolute Gasteiger partial charge is 0.408 e. The molecule has 320 valence electrons. The number of carbonyl (C=O) groups is 4. The first-order valence-corrected chi connectivity index (χ1v) is 21.8. The third-order valence-electron chi connectivity index (χ3n) is 10.6. The molecule has 4 amide bonds. The van der Waals surface area contributed by atoms with Gasteiger partial charge in [-0.15, -0.1) is 0 Å². The summed E-state index contributed by atoms with van der Waals surface area (Å²) < 4.78 is 36.3. The number of ether oxygens (including phenoxy) is 3. The molecule has 1 aliphatic rings. The zero-order valence-electron chi connectivity index (χ0n) is 35.9. The molecule has 0 saturated carbocycles. The third kappa shape index (κ3) is 14.4. The van der Waals surface area contributed by atoms with Crippen LogP contribution in [0.4, 0.5) is 4.79 Å². The van der Waals surface area contributed by atoms with Gasteiger partial charge in [0.15, 0.2) is 0 Å². The minimum atomic E-state index is -4.27. The van der Waals surface area contributed by atoms with E-state index in [2.05, 4.69) is 10.6 Å². The topological polar surface area (TPSA) is 173 Å². The number of methoxy groups -OCH3 is 2. The molecule has 1 fully saturated rings. The van der Waals surface area contributed by atoms with Gasteiger partial charge in [0.1, 0.15) is 17.4 Å². The number of alkyl carbamates (subject to hydrolysis) is 1. The Labute approximate surface area is 335 Å². The number of likely N-dealkylation sites (tertiary alicyclic amines) is 1. The molecule has 1 aromatic carbocycles. The Morgan fingerprint density at radius 1 is 1.02 bits per heavy atom. The van der Waals surface area contributed by atoms with Crippen LogP contribution < -0.4 is 10.6 Å². The quantitative estimate of drug-likeness (QED) is 0.0912. The van der Waals surface area contributed by atoms with E-state index in [1.165, 1.54) is 14.2 Å². The molecule has 1 saturated heterocycles. The molecule has 2 rings (SSSR count). The second kappa shape index (κ2) is 22.8. The number of rotatable bonds is 22. The number of hydrogen-bond acceptors (Lipinski definition) is 9. The number of nitrogens with one attached hydrogen (secondary N) is 2. The van der Waals surface area contributed by atoms with Crippen LogP contribution in [0.15, 0.2) is 30.3 Å². The number of amides is 4. The lowest BCUT2D eigenvalue weighted by atomic mass is 9.89. The standard InChI is InChI=1S/C41H71N4O10P/c1-13-15-24-54-56(50,51)33(25-30-20-17-16-18-21-30)42-38(47)29(6)37(53-12)31-22-19-23-45(31)34(46)26-32(52-11)36(28(5)14-2)44(10)39(48)35(27(3)4)43-40(49)55-41(7,8)9/h16-18,20-21,27-29,31-33,35-37H,13-15,19,22-26H2,1-12H3,(H,42,47)(H,43,49)(H,50,51)/t28?,29?,31-,32?,33?,35?,36?,37?/m0/s1. The van der Waals surface area contributed by atoms with Crippen LogP contribution in [0, 0.1) is 17.8 Å². The first-order chi connectivity index (χ1) is 26.2. The molecule has 14 nitrogen and oxygen atoms in total. The van der Waals surface area contributed by atoms with Gasteiger partial charge in [-0.25, -0.2) is 4.79 Å². The van der Waals surface area contributed by atoms with Crippen molar-refractivity contribution in [3.05, 3.63) is 35.9 Å². The van der Waals surface area contributed by atoms with Crippen LogP contribution in [0.3, 0.4) is 0 Å². The van der Waals surface area contributed by atoms with Crippen molar-refractivity contribution in [2.45, 2.75) is 149 Å². The van der Waals surface area contributed by atoms with Crippen molar-refractivity contribution in [2.24, 2.45) is 17.8 Å². The van der Waals surface area contributed by atoms with E-state index in [-0.39, 0.29) is 43.1 Å². The van der Waals surface area contributed by atoms with Crippen molar-refractivity contribution in [3.63, 3.8) is 0 Å². The maximum atomic E-state index is 14.2. The predicted octanol–water partition coefficient (Wildman–Crippen LogP) is 6.14. The minimum Gasteiger partial charge on any atom is -0.444 e. The number of likely N-dealkylation sites (N-methyl/N-ethyl adjacent to an activating group) is 1. The van der Waals surface area contributed by atoms with E-state index < -0.39 is 67.2 Å². The molecule has 0 aliphatic carbocycles. The summed E-state index contributed by atoms with van der Waals surface area (Å²) in [5.74, 6) is -3.33. The number of carbonyl (C=O) groups excluding carboxylic acids is 4. The molecule has 9 atom stereocenters. The van der Waals surface area contributed by atoms with E-state index >= 15 is 0 Å². The monoisotopic (exact) mass is 810 g/mol. The van der Waals surface area contributed by atoms with Gasteiger partial charge in [0.25, 0.3) is 0 Å². The Balaban J connectivity index is 2.30. The van der Waals surface area contributed by atoms with Crippen molar-refractivity contribution < 1.29 is 47.4 Å². The van der Waals surface area contributed by atoms with E-state index in [4.69, 9.17) is 18.7 Å². The van der Waals surface area contributed by atoms with Crippen molar-refractivity contribution in [1.29, 1.82) is 0 Å². The van der Waals surface area contributed by atoms with Gasteiger partial charge in [0.2, 0.25) is 17.7 Å². The van der Waals surface area contributed by atoms with Crippen molar-refractivity contribution >= 4 is 31.4 Å². The molecule has 8 unspecified atom stereocenters. The van der Waals surface area contributed by atoms with E-state index in [0.29, 0.717) is 32.2 Å². The summed E-state index contributed by atoms with van der Waals surface area (Å²) in [7, 11) is 0.419. The molecule has 1 aliphatic heterocycles. The zero-order valence-corrected chi connectivity index (χ0v) is 36.8. The van der Waals surface area contributed by atoms with Crippen LogP contribution in [0.2, 0.25) is 0 Å². The molecule has 15 heteroatoms. The van der Waals surface area contributed by atoms with Gasteiger partial charge in [0, 0.05) is 34.2 Å². The van der Waals surface area contributed by atoms with Gasteiger partial charge in [-0.05, 0) is 57.4 Å². The second-order valence-electron chi connectivity index (χ2n) is 16.4. The summed E-state index contributed by atoms with van der Waals surface area (Å²) >= 11 is 0. The fourth-order valence-electron chi connectivity index (χ4n) is 7.28. The highest BCUT2D eigenvalue weighted by molar-refractivity contribution is 7.53. The van der Waals surface area contributed by atoms with Gasteiger partial charge >= 0.3 is 13.7 Å². The van der Waals surface area contributed by atoms with Gasteiger partial charge in [-0.1, -0.05) is 84.7 Å². The SMILES string of the molecule is CCCCOP(=O)(O)C(Cc1ccccc1)NC(=O)C(C)C(OC)[C@@H]1CCCN1C(=O)CC(OC)C(C(C)CC)N(C)C(=O)C(NC(=O)OC(C)(C)C)C(C)C. The first kappa shape index (κ1) is 49.1. The van der Waals surface area contributed by atoms with Crippen LogP contribution in [-0.4, -0.2) is 115 Å². The fourth-order valence-corrected chi connectivity index (χ4v) is 8.59. The maximum Gasteiger partial charge on any atom is 0.408 e. The van der Waals surface area contributed by atoms with Crippen LogP contribution >= 0.6 is 7.60 Å². The third-order valence-corrected chi connectivity index (χ3v) is 12.3. The average molecular weight is 811 g/mol. The van der Waals surface area contributed by atoms with Gasteiger partial charge in [-0.2, -0.15) is 0 Å². The lowest BCUT2D eigenvalue weighted by molar-refractivity contribution is -0.147.